The van der Waals surface area contributed by atoms with E-state index in [9.17, 15) is 0 Å². The Kier molecular flexibility index (Phi) is 8.53. The number of aromatic nitrogens is 5. The summed E-state index contributed by atoms with van der Waals surface area (Å²) >= 11 is 0. The first kappa shape index (κ1) is 29.2. The van der Waals surface area contributed by atoms with Gasteiger partial charge in [-0.15, -0.1) is 54.1 Å². The number of pyridine rings is 1. The molecule has 1 radical (unpaired) electrons. The molecule has 4 aromatic heterocycles. The Morgan fingerprint density at radius 3 is 2.27 bits per heavy atom. The molecule has 0 aliphatic carbocycles. The maximum atomic E-state index is 7.23. The van der Waals surface area contributed by atoms with E-state index >= 15 is 0 Å². The number of fused-ring (bicyclic) bond motifs is 4. The van der Waals surface area contributed by atoms with Gasteiger partial charge in [0.25, 0.3) is 0 Å². The van der Waals surface area contributed by atoms with E-state index in [4.69, 9.17) is 13.5 Å². The second-order valence-electron chi connectivity index (χ2n) is 12.0. The van der Waals surface area contributed by atoms with E-state index < -0.39 is 6.85 Å². The molecule has 0 saturated carbocycles. The zero-order valence-corrected chi connectivity index (χ0v) is 29.4. The van der Waals surface area contributed by atoms with E-state index in [0.29, 0.717) is 11.8 Å². The third-order valence-corrected chi connectivity index (χ3v) is 8.20. The van der Waals surface area contributed by atoms with Gasteiger partial charge in [-0.1, -0.05) is 87.2 Å². The maximum absolute atomic E-state index is 7.23. The van der Waals surface area contributed by atoms with Crippen molar-refractivity contribution < 1.29 is 28.6 Å². The first-order valence-corrected chi connectivity index (χ1v) is 15.7. The number of imidazole rings is 1. The standard InChI is InChI=1S/C29H25N4O.C12H10N.Ir/c1-17(2)19-10-7-11-20(18(3)4)26(19)33-28(32-24-15-30-16-31-29(24)33)23-13-8-12-22-21-9-5-6-14-25(21)34-27(22)23;1-10-7-8-12(13-9-10)11-5-3-2-4-6-11;/h5-12,14-18H,1-4H3;2-5,7-9H,1H3;/q2*-1;/i;1D3;. The summed E-state index contributed by atoms with van der Waals surface area (Å²) in [6, 6.07) is 35.9. The number of para-hydroxylation sites is 2. The summed E-state index contributed by atoms with van der Waals surface area (Å²) in [5, 5.41) is 2.14. The van der Waals surface area contributed by atoms with Crippen LogP contribution >= 0.6 is 0 Å². The normalized spacial score (nSPS) is 12.4. The van der Waals surface area contributed by atoms with Crippen molar-refractivity contribution in [3.05, 3.63) is 139 Å². The van der Waals surface area contributed by atoms with Gasteiger partial charge in [0.15, 0.2) is 5.65 Å². The Bertz CT molecular complexity index is 2410. The Morgan fingerprint density at radius 1 is 0.771 bits per heavy atom. The number of benzene rings is 4. The third-order valence-electron chi connectivity index (χ3n) is 8.20. The predicted octanol–water partition coefficient (Wildman–Crippen LogP) is 10.3. The first-order chi connectivity index (χ1) is 24.1. The molecule has 0 N–H and O–H groups in total. The molecule has 8 rings (SSSR count). The van der Waals surface area contributed by atoms with Crippen molar-refractivity contribution in [2.45, 2.75) is 46.4 Å². The van der Waals surface area contributed by atoms with Gasteiger partial charge in [0.1, 0.15) is 17.4 Å². The fourth-order valence-corrected chi connectivity index (χ4v) is 5.94. The van der Waals surface area contributed by atoms with Gasteiger partial charge in [0.05, 0.1) is 17.6 Å². The predicted molar refractivity (Wildman–Crippen MR) is 190 cm³/mol. The van der Waals surface area contributed by atoms with Crippen molar-refractivity contribution >= 4 is 33.1 Å². The Labute approximate surface area is 298 Å². The SMILES string of the molecule is CC(C)c1cccc(C(C)C)c1-n1c(-c2[c-]ccc3c2oc2ccccc23)nc2cncnc21.[2H]C([2H])([2H])c1ccc(-c2[c-]cccc2)nc1.[Ir]. The van der Waals surface area contributed by atoms with E-state index in [0.717, 1.165) is 61.4 Å². The van der Waals surface area contributed by atoms with Gasteiger partial charge in [-0.25, -0.2) is 9.97 Å². The molecule has 0 spiro atoms. The number of hydrogen-bond acceptors (Lipinski definition) is 5. The van der Waals surface area contributed by atoms with E-state index in [-0.39, 0.29) is 25.7 Å². The molecule has 4 aromatic carbocycles. The van der Waals surface area contributed by atoms with Gasteiger partial charge >= 0.3 is 0 Å². The van der Waals surface area contributed by atoms with Crippen LogP contribution in [-0.4, -0.2) is 24.5 Å². The average Bonchev–Trinajstić information content (AvgIpc) is 3.70. The Hall–Kier alpha value is -4.97. The van der Waals surface area contributed by atoms with Crippen LogP contribution in [0.25, 0.3) is 61.4 Å². The zero-order chi connectivity index (χ0) is 35.0. The van der Waals surface area contributed by atoms with Crippen molar-refractivity contribution in [2.75, 3.05) is 0 Å². The van der Waals surface area contributed by atoms with Crippen LogP contribution in [0.15, 0.2) is 114 Å². The maximum Gasteiger partial charge on any atom is 0.158 e. The van der Waals surface area contributed by atoms with Crippen molar-refractivity contribution in [1.82, 2.24) is 24.5 Å². The molecule has 6 nitrogen and oxygen atoms in total. The van der Waals surface area contributed by atoms with Crippen molar-refractivity contribution in [3.63, 3.8) is 0 Å². The fourth-order valence-electron chi connectivity index (χ4n) is 5.94. The monoisotopic (exact) mass is 809 g/mol. The van der Waals surface area contributed by atoms with E-state index in [1.165, 1.54) is 17.3 Å². The van der Waals surface area contributed by atoms with Crippen molar-refractivity contribution in [2.24, 2.45) is 0 Å². The quantitative estimate of drug-likeness (QED) is 0.162. The molecule has 0 saturated heterocycles. The van der Waals surface area contributed by atoms with E-state index in [1.807, 2.05) is 42.5 Å². The molecule has 48 heavy (non-hydrogen) atoms. The summed E-state index contributed by atoms with van der Waals surface area (Å²) in [5.41, 5.74) is 9.45. The molecule has 0 aliphatic heterocycles. The second kappa shape index (κ2) is 14.0. The molecule has 8 aromatic rings. The number of hydrogen-bond donors (Lipinski definition) is 0. The zero-order valence-electron chi connectivity index (χ0n) is 30.0. The minimum atomic E-state index is -2.09. The van der Waals surface area contributed by atoms with Gasteiger partial charge < -0.3 is 14.0 Å². The molecule has 4 heterocycles. The molecule has 0 amide bonds. The Balaban J connectivity index is 0.000000222. The largest absolute Gasteiger partial charge is 0.501 e. The summed E-state index contributed by atoms with van der Waals surface area (Å²) in [4.78, 5) is 18.1. The Morgan fingerprint density at radius 2 is 1.56 bits per heavy atom. The van der Waals surface area contributed by atoms with Gasteiger partial charge in [-0.3, -0.25) is 4.98 Å². The number of furan rings is 1. The van der Waals surface area contributed by atoms with E-state index in [2.05, 4.69) is 89.7 Å². The minimum absolute atomic E-state index is 0. The van der Waals surface area contributed by atoms with Crippen LogP contribution in [-0.2, 0) is 20.1 Å². The summed E-state index contributed by atoms with van der Waals surface area (Å²) in [5.74, 6) is 1.41. The molecular weight excluding hydrogens is 771 g/mol. The molecule has 7 heteroatoms. The number of rotatable bonds is 5. The van der Waals surface area contributed by atoms with Crippen LogP contribution in [0.4, 0.5) is 0 Å². The fraction of sp³-hybridized carbons (Fsp3) is 0.171. The minimum Gasteiger partial charge on any atom is -0.501 e. The summed E-state index contributed by atoms with van der Waals surface area (Å²) in [6.45, 7) is 6.81. The number of nitrogens with zero attached hydrogens (tertiary/aromatic N) is 5. The molecule has 0 atom stereocenters. The summed E-state index contributed by atoms with van der Waals surface area (Å²) < 4.78 is 30.2. The van der Waals surface area contributed by atoms with Crippen LogP contribution < -0.4 is 0 Å². The second-order valence-corrected chi connectivity index (χ2v) is 12.0. The molecule has 0 unspecified atom stereocenters. The van der Waals surface area contributed by atoms with Crippen LogP contribution in [0.1, 0.15) is 60.3 Å². The molecule has 241 valence electrons. The van der Waals surface area contributed by atoms with Crippen LogP contribution in [0, 0.1) is 19.0 Å². The van der Waals surface area contributed by atoms with Crippen molar-refractivity contribution in [3.8, 4) is 28.3 Å². The summed E-state index contributed by atoms with van der Waals surface area (Å²) in [6.07, 6.45) is 4.75. The topological polar surface area (TPSA) is 69.6 Å². The van der Waals surface area contributed by atoms with Gasteiger partial charge in [0.2, 0.25) is 0 Å². The molecular formula is C41H35IrN5O-2. The molecule has 0 bridgehead atoms. The van der Waals surface area contributed by atoms with Crippen LogP contribution in [0.2, 0.25) is 0 Å². The van der Waals surface area contributed by atoms with Gasteiger partial charge in [0, 0.05) is 41.5 Å². The van der Waals surface area contributed by atoms with Crippen molar-refractivity contribution in [1.29, 1.82) is 0 Å². The van der Waals surface area contributed by atoms with E-state index in [1.54, 1.807) is 30.7 Å². The van der Waals surface area contributed by atoms with Crippen LogP contribution in [0.5, 0.6) is 0 Å². The molecule has 0 fully saturated rings. The average molecular weight is 809 g/mol. The smallest absolute Gasteiger partial charge is 0.158 e. The van der Waals surface area contributed by atoms with Crippen LogP contribution in [0.3, 0.4) is 0 Å². The third kappa shape index (κ3) is 6.19. The first-order valence-electron chi connectivity index (χ1n) is 17.2. The number of aryl methyl sites for hydroxylation is 1. The van der Waals surface area contributed by atoms with Gasteiger partial charge in [-0.2, -0.15) is 0 Å². The summed E-state index contributed by atoms with van der Waals surface area (Å²) in [7, 11) is 0. The van der Waals surface area contributed by atoms with Gasteiger partial charge in [-0.05, 0) is 47.1 Å². The molecule has 0 aliphatic rings.